The van der Waals surface area contributed by atoms with Crippen molar-refractivity contribution in [1.29, 1.82) is 0 Å². The smallest absolute Gasteiger partial charge is 0.341 e. The SMILES string of the molecule is COc1c(N2CC/C(=C\CN)C2)c(F)cc2c(=O)c(C(=O)O)cn(C3CC3)c12. The summed E-state index contributed by atoms with van der Waals surface area (Å²) >= 11 is 0. The zero-order valence-electron chi connectivity index (χ0n) is 15.6. The molecular weight excluding hydrogens is 365 g/mol. The van der Waals surface area contributed by atoms with Crippen LogP contribution >= 0.6 is 0 Å². The number of nitrogens with two attached hydrogens (primary N) is 1. The molecule has 0 bridgehead atoms. The Morgan fingerprint density at radius 3 is 2.82 bits per heavy atom. The van der Waals surface area contributed by atoms with Gasteiger partial charge in [-0.15, -0.1) is 0 Å². The van der Waals surface area contributed by atoms with Gasteiger partial charge in [0.15, 0.2) is 11.6 Å². The van der Waals surface area contributed by atoms with Gasteiger partial charge < -0.3 is 25.0 Å². The van der Waals surface area contributed by atoms with E-state index in [1.54, 1.807) is 4.57 Å². The van der Waals surface area contributed by atoms with Crippen LogP contribution in [0.4, 0.5) is 10.1 Å². The Balaban J connectivity index is 1.99. The molecule has 2 aliphatic rings. The van der Waals surface area contributed by atoms with Crippen LogP contribution in [0.1, 0.15) is 35.7 Å². The molecule has 0 atom stereocenters. The standard InChI is InChI=1S/C20H22FN3O4/c1-28-19-16-13(18(25)14(20(26)27)10-24(16)12-2-3-12)8-15(21)17(19)23-7-5-11(9-23)4-6-22/h4,8,10,12H,2-3,5-7,9,22H2,1H3,(H,26,27)/b11-4+. The highest BCUT2D eigenvalue weighted by atomic mass is 19.1. The lowest BCUT2D eigenvalue weighted by Crippen LogP contribution is -2.23. The molecule has 3 N–H and O–H groups in total. The summed E-state index contributed by atoms with van der Waals surface area (Å²) in [6, 6.07) is 1.23. The predicted molar refractivity (Wildman–Crippen MR) is 104 cm³/mol. The second-order valence-electron chi connectivity index (χ2n) is 7.22. The molecule has 0 spiro atoms. The van der Waals surface area contributed by atoms with E-state index in [0.717, 1.165) is 30.9 Å². The minimum absolute atomic E-state index is 0.0295. The number of fused-ring (bicyclic) bond motifs is 1. The summed E-state index contributed by atoms with van der Waals surface area (Å²) in [6.07, 6.45) is 5.83. The molecular formula is C20H22FN3O4. The monoisotopic (exact) mass is 387 g/mol. The summed E-state index contributed by atoms with van der Waals surface area (Å²) in [6.45, 7) is 1.59. The molecule has 2 aromatic rings. The van der Waals surface area contributed by atoms with Crippen LogP contribution < -0.4 is 20.8 Å². The molecule has 2 heterocycles. The zero-order chi connectivity index (χ0) is 20.0. The van der Waals surface area contributed by atoms with Crippen molar-refractivity contribution in [2.75, 3.05) is 31.6 Å². The third-order valence-corrected chi connectivity index (χ3v) is 5.39. The molecule has 0 amide bonds. The van der Waals surface area contributed by atoms with Crippen LogP contribution in [0.5, 0.6) is 5.75 Å². The van der Waals surface area contributed by atoms with E-state index in [1.807, 2.05) is 11.0 Å². The first kappa shape index (κ1) is 18.5. The largest absolute Gasteiger partial charge is 0.492 e. The van der Waals surface area contributed by atoms with Gasteiger partial charge in [0.05, 0.1) is 18.0 Å². The van der Waals surface area contributed by atoms with Gasteiger partial charge in [-0.3, -0.25) is 4.79 Å². The molecule has 0 unspecified atom stereocenters. The molecule has 1 aromatic carbocycles. The minimum Gasteiger partial charge on any atom is -0.492 e. The summed E-state index contributed by atoms with van der Waals surface area (Å²) in [5.74, 6) is -1.65. The number of hydrogen-bond acceptors (Lipinski definition) is 5. The molecule has 148 valence electrons. The molecule has 2 fully saturated rings. The normalized spacial score (nSPS) is 18.2. The number of rotatable bonds is 5. The molecule has 7 nitrogen and oxygen atoms in total. The van der Waals surface area contributed by atoms with E-state index >= 15 is 4.39 Å². The number of pyridine rings is 1. The van der Waals surface area contributed by atoms with Crippen LogP contribution in [0.25, 0.3) is 10.9 Å². The van der Waals surface area contributed by atoms with Gasteiger partial charge in [-0.2, -0.15) is 0 Å². The summed E-state index contributed by atoms with van der Waals surface area (Å²) < 4.78 is 22.5. The second-order valence-corrected chi connectivity index (χ2v) is 7.22. The fourth-order valence-electron chi connectivity index (χ4n) is 3.93. The van der Waals surface area contributed by atoms with Gasteiger partial charge in [-0.05, 0) is 25.3 Å². The summed E-state index contributed by atoms with van der Waals surface area (Å²) in [4.78, 5) is 26.1. The van der Waals surface area contributed by atoms with E-state index in [0.29, 0.717) is 30.8 Å². The first-order valence-corrected chi connectivity index (χ1v) is 9.27. The van der Waals surface area contributed by atoms with E-state index in [2.05, 4.69) is 0 Å². The Hall–Kier alpha value is -2.87. The molecule has 28 heavy (non-hydrogen) atoms. The highest BCUT2D eigenvalue weighted by Gasteiger charge is 2.32. The average molecular weight is 387 g/mol. The molecule has 1 saturated carbocycles. The van der Waals surface area contributed by atoms with Crippen molar-refractivity contribution < 1.29 is 19.0 Å². The van der Waals surface area contributed by atoms with Gasteiger partial charge >= 0.3 is 5.97 Å². The number of anilines is 1. The van der Waals surface area contributed by atoms with Gasteiger partial charge in [0.1, 0.15) is 11.3 Å². The number of ether oxygens (including phenoxy) is 1. The number of halogens is 1. The van der Waals surface area contributed by atoms with Crippen LogP contribution in [0.3, 0.4) is 0 Å². The highest BCUT2D eigenvalue weighted by Crippen LogP contribution is 2.44. The van der Waals surface area contributed by atoms with Gasteiger partial charge in [0.2, 0.25) is 5.43 Å². The molecule has 0 radical (unpaired) electrons. The van der Waals surface area contributed by atoms with Crippen LogP contribution in [0.15, 0.2) is 28.7 Å². The number of hydrogen-bond donors (Lipinski definition) is 2. The third-order valence-electron chi connectivity index (χ3n) is 5.39. The van der Waals surface area contributed by atoms with Gasteiger partial charge in [-0.1, -0.05) is 11.6 Å². The van der Waals surface area contributed by atoms with Crippen molar-refractivity contribution in [3.05, 3.63) is 45.5 Å². The fraction of sp³-hybridized carbons (Fsp3) is 0.400. The van der Waals surface area contributed by atoms with Gasteiger partial charge in [-0.25, -0.2) is 9.18 Å². The summed E-state index contributed by atoms with van der Waals surface area (Å²) in [5, 5.41) is 9.42. The Bertz CT molecular complexity index is 1060. The van der Waals surface area contributed by atoms with Crippen molar-refractivity contribution >= 4 is 22.6 Å². The Labute approximate surface area is 160 Å². The van der Waals surface area contributed by atoms with E-state index in [9.17, 15) is 14.7 Å². The van der Waals surface area contributed by atoms with Gasteiger partial charge in [0.25, 0.3) is 0 Å². The predicted octanol–water partition coefficient (Wildman–Crippen LogP) is 2.28. The fourth-order valence-corrected chi connectivity index (χ4v) is 3.93. The maximum absolute atomic E-state index is 15.1. The number of aromatic nitrogens is 1. The van der Waals surface area contributed by atoms with Crippen molar-refractivity contribution in [2.45, 2.75) is 25.3 Å². The van der Waals surface area contributed by atoms with Crippen LogP contribution in [0.2, 0.25) is 0 Å². The summed E-state index contributed by atoms with van der Waals surface area (Å²) in [7, 11) is 1.44. The molecule has 1 aliphatic heterocycles. The Morgan fingerprint density at radius 2 is 2.21 bits per heavy atom. The third kappa shape index (κ3) is 2.93. The molecule has 8 heteroatoms. The number of carbonyl (C=O) groups is 1. The quantitative estimate of drug-likeness (QED) is 0.764. The maximum atomic E-state index is 15.1. The summed E-state index contributed by atoms with van der Waals surface area (Å²) in [5.41, 5.74) is 6.41. The Morgan fingerprint density at radius 1 is 1.46 bits per heavy atom. The number of nitrogens with zero attached hydrogens (tertiary/aromatic N) is 2. The molecule has 1 aliphatic carbocycles. The average Bonchev–Trinajstić information content (AvgIpc) is 3.40. The first-order chi connectivity index (χ1) is 13.5. The van der Waals surface area contributed by atoms with E-state index in [4.69, 9.17) is 10.5 Å². The second kappa shape index (κ2) is 6.94. The molecule has 4 rings (SSSR count). The van der Waals surface area contributed by atoms with Crippen molar-refractivity contribution in [2.24, 2.45) is 5.73 Å². The lowest BCUT2D eigenvalue weighted by Gasteiger charge is -2.24. The van der Waals surface area contributed by atoms with E-state index < -0.39 is 17.2 Å². The van der Waals surface area contributed by atoms with Crippen molar-refractivity contribution in [1.82, 2.24) is 4.57 Å². The van der Waals surface area contributed by atoms with Crippen molar-refractivity contribution in [3.63, 3.8) is 0 Å². The number of benzene rings is 1. The number of carboxylic acid groups (broad SMARTS) is 1. The zero-order valence-corrected chi connectivity index (χ0v) is 15.6. The lowest BCUT2D eigenvalue weighted by atomic mass is 10.1. The van der Waals surface area contributed by atoms with E-state index in [-0.39, 0.29) is 22.7 Å². The van der Waals surface area contributed by atoms with Crippen molar-refractivity contribution in [3.8, 4) is 5.75 Å². The Kier molecular flexibility index (Phi) is 4.58. The lowest BCUT2D eigenvalue weighted by molar-refractivity contribution is 0.0695. The van der Waals surface area contributed by atoms with Gasteiger partial charge in [0, 0.05) is 31.9 Å². The van der Waals surface area contributed by atoms with E-state index in [1.165, 1.54) is 13.3 Å². The van der Waals surface area contributed by atoms with Crippen LogP contribution in [-0.2, 0) is 0 Å². The number of carboxylic acids is 1. The topological polar surface area (TPSA) is 97.8 Å². The maximum Gasteiger partial charge on any atom is 0.341 e. The van der Waals surface area contributed by atoms with Crippen LogP contribution in [-0.4, -0.2) is 42.4 Å². The molecule has 1 saturated heterocycles. The first-order valence-electron chi connectivity index (χ1n) is 9.27. The number of aromatic carboxylic acids is 1. The molecule has 1 aromatic heterocycles. The minimum atomic E-state index is -1.32. The van der Waals surface area contributed by atoms with Crippen LogP contribution in [0, 0.1) is 5.82 Å². The highest BCUT2D eigenvalue weighted by molar-refractivity contribution is 5.97. The number of methoxy groups -OCH3 is 1.